The molecule has 3 atom stereocenters. The first-order valence-electron chi connectivity index (χ1n) is 13.3. The van der Waals surface area contributed by atoms with Crippen LogP contribution in [0.2, 0.25) is 0 Å². The van der Waals surface area contributed by atoms with E-state index in [1.54, 1.807) is 0 Å². The van der Waals surface area contributed by atoms with Crippen molar-refractivity contribution in [3.05, 3.63) is 0 Å². The van der Waals surface area contributed by atoms with Gasteiger partial charge in [-0.3, -0.25) is 4.79 Å². The molecule has 0 aromatic rings. The smallest absolute Gasteiger partial charge is 0.305 e. The number of ether oxygens (including phenoxy) is 1. The van der Waals surface area contributed by atoms with Gasteiger partial charge in [0.2, 0.25) is 0 Å². The fourth-order valence-electron chi connectivity index (χ4n) is 3.88. The van der Waals surface area contributed by atoms with Crippen molar-refractivity contribution in [1.82, 2.24) is 0 Å². The number of hydrogen-bond acceptors (Lipinski definition) is 5. The van der Waals surface area contributed by atoms with Crippen LogP contribution < -0.4 is 5.73 Å². The molecular weight excluding hydrogens is 390 g/mol. The number of carbonyl (C=O) groups is 1. The summed E-state index contributed by atoms with van der Waals surface area (Å²) in [5, 5.41) is 20.4. The molecule has 0 aliphatic heterocycles. The molecule has 0 spiro atoms. The average molecular weight is 444 g/mol. The van der Waals surface area contributed by atoms with Gasteiger partial charge in [-0.25, -0.2) is 0 Å². The molecule has 0 fully saturated rings. The zero-order valence-corrected chi connectivity index (χ0v) is 20.7. The Labute approximate surface area is 192 Å². The van der Waals surface area contributed by atoms with Crippen molar-refractivity contribution in [2.24, 2.45) is 5.73 Å². The van der Waals surface area contributed by atoms with E-state index < -0.39 is 18.2 Å². The van der Waals surface area contributed by atoms with Crippen LogP contribution in [0, 0.1) is 0 Å². The van der Waals surface area contributed by atoms with E-state index in [1.165, 1.54) is 77.0 Å². The number of aliphatic hydroxyl groups excluding tert-OH is 2. The number of carbonyl (C=O) groups excluding carboxylic acids is 1. The molecule has 0 heterocycles. The lowest BCUT2D eigenvalue weighted by molar-refractivity contribution is -0.145. The summed E-state index contributed by atoms with van der Waals surface area (Å²) in [6.07, 6.45) is 19.6. The van der Waals surface area contributed by atoms with Gasteiger partial charge in [-0.05, 0) is 12.8 Å². The second-order valence-electron chi connectivity index (χ2n) is 9.25. The summed E-state index contributed by atoms with van der Waals surface area (Å²) in [5.74, 6) is -0.269. The SMILES string of the molecule is CCCCCCCCCCCCCCC(O)C(O)C(N)COC(=O)CCCCCCC. The lowest BCUT2D eigenvalue weighted by Crippen LogP contribution is -2.46. The monoisotopic (exact) mass is 443 g/mol. The van der Waals surface area contributed by atoms with Crippen LogP contribution >= 0.6 is 0 Å². The zero-order chi connectivity index (χ0) is 23.2. The first-order chi connectivity index (χ1) is 15.0. The summed E-state index contributed by atoms with van der Waals surface area (Å²) < 4.78 is 5.16. The Bertz CT molecular complexity index is 392. The van der Waals surface area contributed by atoms with Gasteiger partial charge in [0.15, 0.2) is 0 Å². The van der Waals surface area contributed by atoms with Crippen molar-refractivity contribution in [2.45, 2.75) is 154 Å². The lowest BCUT2D eigenvalue weighted by atomic mass is 10.00. The third-order valence-corrected chi connectivity index (χ3v) is 6.11. The molecule has 0 saturated carbocycles. The molecule has 31 heavy (non-hydrogen) atoms. The topological polar surface area (TPSA) is 92.8 Å². The molecule has 0 amide bonds. The maximum atomic E-state index is 11.7. The molecule has 3 unspecified atom stereocenters. The van der Waals surface area contributed by atoms with E-state index in [4.69, 9.17) is 10.5 Å². The van der Waals surface area contributed by atoms with Crippen LogP contribution in [0.25, 0.3) is 0 Å². The summed E-state index contributed by atoms with van der Waals surface area (Å²) in [7, 11) is 0. The number of rotatable bonds is 23. The predicted molar refractivity (Wildman–Crippen MR) is 130 cm³/mol. The molecule has 0 aromatic carbocycles. The molecule has 0 saturated heterocycles. The van der Waals surface area contributed by atoms with Crippen LogP contribution in [0.4, 0.5) is 0 Å². The molecular formula is C26H53NO4. The Balaban J connectivity index is 3.60. The van der Waals surface area contributed by atoms with Gasteiger partial charge in [0, 0.05) is 6.42 Å². The molecule has 0 aromatic heterocycles. The Morgan fingerprint density at radius 2 is 1.13 bits per heavy atom. The third kappa shape index (κ3) is 19.7. The lowest BCUT2D eigenvalue weighted by Gasteiger charge is -2.23. The van der Waals surface area contributed by atoms with E-state index in [0.29, 0.717) is 12.8 Å². The molecule has 0 radical (unpaired) electrons. The maximum Gasteiger partial charge on any atom is 0.305 e. The highest BCUT2D eigenvalue weighted by Gasteiger charge is 2.24. The van der Waals surface area contributed by atoms with Crippen molar-refractivity contribution < 1.29 is 19.7 Å². The number of esters is 1. The Hall–Kier alpha value is -0.650. The van der Waals surface area contributed by atoms with Crippen molar-refractivity contribution in [3.8, 4) is 0 Å². The zero-order valence-electron chi connectivity index (χ0n) is 20.7. The molecule has 0 rings (SSSR count). The van der Waals surface area contributed by atoms with E-state index in [1.807, 2.05) is 0 Å². The first-order valence-corrected chi connectivity index (χ1v) is 13.3. The second-order valence-corrected chi connectivity index (χ2v) is 9.25. The van der Waals surface area contributed by atoms with E-state index >= 15 is 0 Å². The highest BCUT2D eigenvalue weighted by molar-refractivity contribution is 5.69. The highest BCUT2D eigenvalue weighted by atomic mass is 16.5. The summed E-state index contributed by atoms with van der Waals surface area (Å²) in [6, 6.07) is -0.739. The largest absolute Gasteiger partial charge is 0.464 e. The van der Waals surface area contributed by atoms with Crippen molar-refractivity contribution in [1.29, 1.82) is 0 Å². The van der Waals surface area contributed by atoms with Gasteiger partial charge >= 0.3 is 5.97 Å². The predicted octanol–water partition coefficient (Wildman–Crippen LogP) is 6.03. The van der Waals surface area contributed by atoms with Crippen LogP contribution in [-0.4, -0.2) is 41.0 Å². The molecule has 0 aliphatic carbocycles. The Kier molecular flexibility index (Phi) is 22.1. The van der Waals surface area contributed by atoms with Gasteiger partial charge in [-0.2, -0.15) is 0 Å². The van der Waals surface area contributed by atoms with Crippen molar-refractivity contribution in [3.63, 3.8) is 0 Å². The number of aliphatic hydroxyl groups is 2. The Morgan fingerprint density at radius 3 is 1.61 bits per heavy atom. The number of nitrogens with two attached hydrogens (primary N) is 1. The molecule has 0 aliphatic rings. The number of unbranched alkanes of at least 4 members (excludes halogenated alkanes) is 15. The Morgan fingerprint density at radius 1 is 0.710 bits per heavy atom. The molecule has 0 bridgehead atoms. The second kappa shape index (κ2) is 22.5. The van der Waals surface area contributed by atoms with Gasteiger partial charge in [-0.1, -0.05) is 117 Å². The quantitative estimate of drug-likeness (QED) is 0.132. The molecule has 5 heteroatoms. The number of hydrogen-bond donors (Lipinski definition) is 3. The first kappa shape index (κ1) is 30.4. The van der Waals surface area contributed by atoms with Crippen molar-refractivity contribution in [2.75, 3.05) is 6.61 Å². The minimum atomic E-state index is -1.05. The van der Waals surface area contributed by atoms with Crippen LogP contribution in [-0.2, 0) is 9.53 Å². The molecule has 186 valence electrons. The fraction of sp³-hybridized carbons (Fsp3) is 0.962. The van der Waals surface area contributed by atoms with E-state index in [0.717, 1.165) is 32.1 Å². The van der Waals surface area contributed by atoms with Gasteiger partial charge in [0.25, 0.3) is 0 Å². The van der Waals surface area contributed by atoms with Gasteiger partial charge in [0.05, 0.1) is 18.2 Å². The fourth-order valence-corrected chi connectivity index (χ4v) is 3.88. The van der Waals surface area contributed by atoms with Crippen LogP contribution in [0.15, 0.2) is 0 Å². The minimum absolute atomic E-state index is 0.0372. The van der Waals surface area contributed by atoms with Crippen LogP contribution in [0.1, 0.15) is 136 Å². The summed E-state index contributed by atoms with van der Waals surface area (Å²) in [5.41, 5.74) is 5.91. The van der Waals surface area contributed by atoms with E-state index in [2.05, 4.69) is 13.8 Å². The maximum absolute atomic E-state index is 11.7. The normalized spacial score (nSPS) is 14.4. The van der Waals surface area contributed by atoms with E-state index in [-0.39, 0.29) is 12.6 Å². The van der Waals surface area contributed by atoms with Crippen molar-refractivity contribution >= 4 is 5.97 Å². The summed E-state index contributed by atoms with van der Waals surface area (Å²) in [6.45, 7) is 4.38. The van der Waals surface area contributed by atoms with Crippen LogP contribution in [0.5, 0.6) is 0 Å². The molecule has 4 N–H and O–H groups in total. The summed E-state index contributed by atoms with van der Waals surface area (Å²) >= 11 is 0. The standard InChI is InChI=1S/C26H53NO4/c1-3-5-7-9-10-11-12-13-14-15-17-18-20-24(28)26(30)23(27)22-31-25(29)21-19-16-8-6-4-2/h23-24,26,28,30H,3-22,27H2,1-2H3. The van der Waals surface area contributed by atoms with Gasteiger partial charge < -0.3 is 20.7 Å². The van der Waals surface area contributed by atoms with Gasteiger partial charge in [-0.15, -0.1) is 0 Å². The van der Waals surface area contributed by atoms with Gasteiger partial charge in [0.1, 0.15) is 6.61 Å². The highest BCUT2D eigenvalue weighted by Crippen LogP contribution is 2.14. The molecule has 5 nitrogen and oxygen atoms in total. The third-order valence-electron chi connectivity index (χ3n) is 6.11. The van der Waals surface area contributed by atoms with Crippen LogP contribution in [0.3, 0.4) is 0 Å². The average Bonchev–Trinajstić information content (AvgIpc) is 2.77. The van der Waals surface area contributed by atoms with E-state index in [9.17, 15) is 15.0 Å². The summed E-state index contributed by atoms with van der Waals surface area (Å²) in [4.78, 5) is 11.7. The minimum Gasteiger partial charge on any atom is -0.464 e.